The Balaban J connectivity index is 2.55. The molecule has 1 atom stereocenters. The van der Waals surface area contributed by atoms with Gasteiger partial charge < -0.3 is 20.9 Å². The highest BCUT2D eigenvalue weighted by molar-refractivity contribution is 6.33. The van der Waals surface area contributed by atoms with Gasteiger partial charge in [-0.1, -0.05) is 41.4 Å². The number of methoxy groups -OCH3 is 1. The zero-order chi connectivity index (χ0) is 17.9. The molecule has 0 saturated heterocycles. The second kappa shape index (κ2) is 7.01. The van der Waals surface area contributed by atoms with Gasteiger partial charge in [0.25, 0.3) is 0 Å². The highest BCUT2D eigenvalue weighted by Crippen LogP contribution is 2.31. The minimum absolute atomic E-state index is 0.152. The smallest absolute Gasteiger partial charge is 0.176 e. The Labute approximate surface area is 144 Å². The number of hydrogen-bond acceptors (Lipinski definition) is 4. The maximum Gasteiger partial charge on any atom is 0.176 e. The van der Waals surface area contributed by atoms with Crippen molar-refractivity contribution in [3.05, 3.63) is 71.1 Å². The molecule has 0 saturated carbocycles. The van der Waals surface area contributed by atoms with Crippen LogP contribution in [0.1, 0.15) is 22.3 Å². The Kier molecular flexibility index (Phi) is 5.25. The summed E-state index contributed by atoms with van der Waals surface area (Å²) in [6.45, 7) is 7.88. The molecule has 0 spiro atoms. The average Bonchev–Trinajstić information content (AvgIpc) is 2.55. The summed E-state index contributed by atoms with van der Waals surface area (Å²) in [5.74, 6) is 0.976. The van der Waals surface area contributed by atoms with Gasteiger partial charge in [-0.15, -0.1) is 0 Å². The summed E-state index contributed by atoms with van der Waals surface area (Å²) >= 11 is 0. The summed E-state index contributed by atoms with van der Waals surface area (Å²) in [5.41, 5.74) is 16.9. The molecule has 0 radical (unpaired) electrons. The van der Waals surface area contributed by atoms with E-state index in [1.165, 1.54) is 11.0 Å². The van der Waals surface area contributed by atoms with E-state index in [0.717, 1.165) is 22.4 Å². The van der Waals surface area contributed by atoms with Crippen molar-refractivity contribution in [3.8, 4) is 5.75 Å². The monoisotopic (exact) mass is 324 g/mol. The van der Waals surface area contributed by atoms with Crippen molar-refractivity contribution < 1.29 is 9.47 Å². The number of ether oxygens (including phenoxy) is 2. The first kappa shape index (κ1) is 18.0. The number of benzene rings is 2. The van der Waals surface area contributed by atoms with Crippen molar-refractivity contribution in [2.45, 2.75) is 19.4 Å². The predicted molar refractivity (Wildman–Crippen MR) is 101 cm³/mol. The SMILES string of the molecule is Bc1cc(C(N)(COC(=C)N)c2ccc(OC)c(C)c2)ccc1C. The summed E-state index contributed by atoms with van der Waals surface area (Å²) in [6, 6.07) is 12.1. The normalized spacial score (nSPS) is 13.2. The van der Waals surface area contributed by atoms with E-state index in [9.17, 15) is 0 Å². The maximum atomic E-state index is 6.81. The van der Waals surface area contributed by atoms with Gasteiger partial charge in [-0.3, -0.25) is 0 Å². The third-order valence-electron chi connectivity index (χ3n) is 4.42. The van der Waals surface area contributed by atoms with Crippen LogP contribution in [-0.2, 0) is 10.3 Å². The van der Waals surface area contributed by atoms with Crippen LogP contribution in [0.5, 0.6) is 5.75 Å². The molecule has 2 aromatic rings. The van der Waals surface area contributed by atoms with E-state index in [1.54, 1.807) is 7.11 Å². The van der Waals surface area contributed by atoms with Crippen LogP contribution in [0.2, 0.25) is 0 Å². The van der Waals surface area contributed by atoms with E-state index < -0.39 is 5.54 Å². The molecule has 126 valence electrons. The second-order valence-electron chi connectivity index (χ2n) is 6.21. The van der Waals surface area contributed by atoms with Gasteiger partial charge in [-0.05, 0) is 43.2 Å². The molecule has 5 heteroatoms. The van der Waals surface area contributed by atoms with Crippen molar-refractivity contribution >= 4 is 13.3 Å². The van der Waals surface area contributed by atoms with Crippen LogP contribution in [0.15, 0.2) is 48.9 Å². The maximum absolute atomic E-state index is 6.81. The average molecular weight is 324 g/mol. The molecule has 0 aromatic heterocycles. The summed E-state index contributed by atoms with van der Waals surface area (Å²) in [4.78, 5) is 0. The molecule has 0 amide bonds. The van der Waals surface area contributed by atoms with Gasteiger partial charge in [0.15, 0.2) is 5.88 Å². The van der Waals surface area contributed by atoms with Crippen molar-refractivity contribution in [1.29, 1.82) is 0 Å². The molecule has 4 N–H and O–H groups in total. The minimum Gasteiger partial charge on any atom is -0.496 e. The van der Waals surface area contributed by atoms with Gasteiger partial charge in [-0.25, -0.2) is 0 Å². The first-order chi connectivity index (χ1) is 11.3. The highest BCUT2D eigenvalue weighted by atomic mass is 16.5. The topological polar surface area (TPSA) is 70.5 Å². The molecule has 24 heavy (non-hydrogen) atoms. The van der Waals surface area contributed by atoms with Crippen LogP contribution in [0.4, 0.5) is 0 Å². The van der Waals surface area contributed by atoms with Crippen LogP contribution in [0.3, 0.4) is 0 Å². The molecule has 4 nitrogen and oxygen atoms in total. The quantitative estimate of drug-likeness (QED) is 0.619. The van der Waals surface area contributed by atoms with E-state index in [1.807, 2.05) is 31.2 Å². The molecular weight excluding hydrogens is 299 g/mol. The summed E-state index contributed by atoms with van der Waals surface area (Å²) < 4.78 is 10.9. The van der Waals surface area contributed by atoms with Gasteiger partial charge in [-0.2, -0.15) is 0 Å². The fraction of sp³-hybridized carbons (Fsp3) is 0.263. The Morgan fingerprint density at radius 3 is 2.29 bits per heavy atom. The van der Waals surface area contributed by atoms with E-state index >= 15 is 0 Å². The van der Waals surface area contributed by atoms with Crippen LogP contribution in [0.25, 0.3) is 0 Å². The number of nitrogens with two attached hydrogens (primary N) is 2. The van der Waals surface area contributed by atoms with Crippen molar-refractivity contribution in [2.75, 3.05) is 13.7 Å². The third kappa shape index (κ3) is 3.57. The molecule has 0 aliphatic carbocycles. The van der Waals surface area contributed by atoms with Gasteiger partial charge in [0.05, 0.1) is 7.11 Å². The lowest BCUT2D eigenvalue weighted by molar-refractivity contribution is 0.161. The van der Waals surface area contributed by atoms with Crippen LogP contribution in [0, 0.1) is 13.8 Å². The number of hydrogen-bond donors (Lipinski definition) is 2. The van der Waals surface area contributed by atoms with Crippen molar-refractivity contribution in [3.63, 3.8) is 0 Å². The first-order valence-corrected chi connectivity index (χ1v) is 7.87. The van der Waals surface area contributed by atoms with Gasteiger partial charge in [0, 0.05) is 0 Å². The molecule has 0 aliphatic heterocycles. The minimum atomic E-state index is -0.836. The fourth-order valence-corrected chi connectivity index (χ4v) is 2.71. The lowest BCUT2D eigenvalue weighted by Crippen LogP contribution is -2.43. The van der Waals surface area contributed by atoms with Crippen molar-refractivity contribution in [2.24, 2.45) is 11.5 Å². The fourth-order valence-electron chi connectivity index (χ4n) is 2.71. The Bertz CT molecular complexity index is 761. The Morgan fingerprint density at radius 1 is 1.12 bits per heavy atom. The highest BCUT2D eigenvalue weighted by Gasteiger charge is 2.31. The zero-order valence-corrected chi connectivity index (χ0v) is 14.8. The lowest BCUT2D eigenvalue weighted by atomic mass is 9.79. The van der Waals surface area contributed by atoms with Crippen molar-refractivity contribution in [1.82, 2.24) is 0 Å². The molecule has 2 aromatic carbocycles. The number of aryl methyl sites for hydroxylation is 2. The van der Waals surface area contributed by atoms with E-state index in [2.05, 4.69) is 33.5 Å². The Morgan fingerprint density at radius 2 is 1.75 bits per heavy atom. The first-order valence-electron chi connectivity index (χ1n) is 7.87. The molecule has 0 aliphatic rings. The largest absolute Gasteiger partial charge is 0.496 e. The molecular formula is C19H25BN2O2. The van der Waals surface area contributed by atoms with E-state index in [4.69, 9.17) is 20.9 Å². The van der Waals surface area contributed by atoms with Gasteiger partial charge in [0.1, 0.15) is 25.7 Å². The predicted octanol–water partition coefficient (Wildman–Crippen LogP) is 1.22. The van der Waals surface area contributed by atoms with Crippen LogP contribution in [-0.4, -0.2) is 21.6 Å². The van der Waals surface area contributed by atoms with Gasteiger partial charge >= 0.3 is 0 Å². The van der Waals surface area contributed by atoms with E-state index in [0.29, 0.717) is 0 Å². The van der Waals surface area contributed by atoms with Crippen LogP contribution < -0.4 is 21.7 Å². The molecule has 1 unspecified atom stereocenters. The summed E-state index contributed by atoms with van der Waals surface area (Å²) in [6.07, 6.45) is 0. The van der Waals surface area contributed by atoms with E-state index in [-0.39, 0.29) is 12.5 Å². The van der Waals surface area contributed by atoms with Crippen LogP contribution >= 0.6 is 0 Å². The number of rotatable bonds is 6. The summed E-state index contributed by atoms with van der Waals surface area (Å²) in [5, 5.41) is 0. The second-order valence-corrected chi connectivity index (χ2v) is 6.21. The third-order valence-corrected chi connectivity index (χ3v) is 4.42. The molecule has 2 rings (SSSR count). The zero-order valence-electron chi connectivity index (χ0n) is 14.8. The molecule has 0 heterocycles. The summed E-state index contributed by atoms with van der Waals surface area (Å²) in [7, 11) is 3.73. The standard InChI is InChI=1S/C19H25BN2O2/c1-12-5-6-16(10-17(12)20)19(22,11-24-14(3)21)15-7-8-18(23-4)13(2)9-15/h5-10H,3,11,20-22H2,1-2,4H3. The molecule has 0 fully saturated rings. The lowest BCUT2D eigenvalue weighted by Gasteiger charge is -2.31. The van der Waals surface area contributed by atoms with Gasteiger partial charge in [0.2, 0.25) is 0 Å². The Hall–Kier alpha value is -2.40. The molecule has 0 bridgehead atoms.